The summed E-state index contributed by atoms with van der Waals surface area (Å²) in [6.07, 6.45) is -10.9. The molecule has 0 amide bonds. The molecule has 0 radical (unpaired) electrons. The van der Waals surface area contributed by atoms with E-state index in [1.165, 1.54) is 24.3 Å². The van der Waals surface area contributed by atoms with E-state index >= 15 is 0 Å². The van der Waals surface area contributed by atoms with Crippen molar-refractivity contribution in [1.82, 2.24) is 0 Å². The molecule has 186 valence electrons. The average molecular weight is 476 g/mol. The average Bonchev–Trinajstić information content (AvgIpc) is 2.80. The van der Waals surface area contributed by atoms with Crippen LogP contribution < -0.4 is 0 Å². The maximum absolute atomic E-state index is 11.9. The summed E-state index contributed by atoms with van der Waals surface area (Å²) in [5, 5.41) is 86.3. The second kappa shape index (κ2) is 12.2. The molecule has 1 aromatic carbocycles. The topological polar surface area (TPSA) is 227 Å². The van der Waals surface area contributed by atoms with Crippen LogP contribution in [-0.4, -0.2) is 121 Å². The van der Waals surface area contributed by atoms with E-state index in [-0.39, 0.29) is 11.5 Å². The highest BCUT2D eigenvalue weighted by atomic mass is 16.7. The number of aliphatic hydroxyl groups excluding tert-OH is 7. The summed E-state index contributed by atoms with van der Waals surface area (Å²) in [4.78, 5) is 11.9. The van der Waals surface area contributed by atoms with Crippen LogP contribution >= 0.6 is 0 Å². The van der Waals surface area contributed by atoms with Crippen molar-refractivity contribution in [3.63, 3.8) is 0 Å². The van der Waals surface area contributed by atoms with Gasteiger partial charge in [-0.15, -0.1) is 0 Å². The van der Waals surface area contributed by atoms with Crippen molar-refractivity contribution < 1.29 is 65.0 Å². The molecule has 1 fully saturated rings. The number of phenols is 2. The summed E-state index contributed by atoms with van der Waals surface area (Å²) in [5.74, 6) is -1.58. The zero-order valence-electron chi connectivity index (χ0n) is 17.3. The molecule has 1 aromatic rings. The molecular weight excluding hydrogens is 448 g/mol. The van der Waals surface area contributed by atoms with E-state index in [2.05, 4.69) is 0 Å². The molecule has 13 nitrogen and oxygen atoms in total. The fourth-order valence-corrected chi connectivity index (χ4v) is 2.87. The number of hydrogen-bond donors (Lipinski definition) is 9. The minimum absolute atomic E-state index is 0.331. The number of carbonyl (C=O) groups is 1. The SMILES string of the molecule is O=C(C=Cc1ccc(O)c(O)c1)OCC1OC(OCC(O)C(O)C(O)CO)C(O)C(O)C1O. The first-order valence-electron chi connectivity index (χ1n) is 9.88. The first-order chi connectivity index (χ1) is 15.5. The third kappa shape index (κ3) is 7.33. The summed E-state index contributed by atoms with van der Waals surface area (Å²) in [7, 11) is 0. The number of rotatable bonds is 10. The minimum Gasteiger partial charge on any atom is -0.504 e. The van der Waals surface area contributed by atoms with Gasteiger partial charge in [0, 0.05) is 6.08 Å². The van der Waals surface area contributed by atoms with Gasteiger partial charge in [-0.2, -0.15) is 0 Å². The van der Waals surface area contributed by atoms with Crippen molar-refractivity contribution in [2.45, 2.75) is 49.0 Å². The van der Waals surface area contributed by atoms with Crippen molar-refractivity contribution >= 4 is 12.0 Å². The maximum Gasteiger partial charge on any atom is 0.330 e. The standard InChI is InChI=1S/C20H28O13/c21-6-12(24)16(27)13(25)7-32-20-19(30)18(29)17(28)14(33-20)8-31-15(26)4-2-9-1-3-10(22)11(23)5-9/h1-5,12-14,16-25,27-30H,6-8H2. The molecule has 8 atom stereocenters. The van der Waals surface area contributed by atoms with E-state index in [1.54, 1.807) is 0 Å². The smallest absolute Gasteiger partial charge is 0.330 e. The number of aliphatic hydroxyl groups is 7. The summed E-state index contributed by atoms with van der Waals surface area (Å²) in [5.41, 5.74) is 0.385. The van der Waals surface area contributed by atoms with Gasteiger partial charge in [0.25, 0.3) is 0 Å². The first-order valence-corrected chi connectivity index (χ1v) is 9.88. The van der Waals surface area contributed by atoms with Gasteiger partial charge in [0.2, 0.25) is 0 Å². The number of aromatic hydroxyl groups is 2. The number of benzene rings is 1. The first kappa shape index (κ1) is 26.9. The van der Waals surface area contributed by atoms with E-state index in [1.807, 2.05) is 0 Å². The van der Waals surface area contributed by atoms with Crippen LogP contribution in [-0.2, 0) is 19.0 Å². The Labute approximate surface area is 187 Å². The van der Waals surface area contributed by atoms with Gasteiger partial charge in [0.15, 0.2) is 17.8 Å². The lowest BCUT2D eigenvalue weighted by atomic mass is 9.99. The highest BCUT2D eigenvalue weighted by molar-refractivity contribution is 5.87. The van der Waals surface area contributed by atoms with E-state index in [9.17, 15) is 45.6 Å². The van der Waals surface area contributed by atoms with Crippen LogP contribution in [0.4, 0.5) is 0 Å². The second-order valence-electron chi connectivity index (χ2n) is 7.37. The molecule has 1 saturated heterocycles. The Morgan fingerprint density at radius 3 is 2.36 bits per heavy atom. The lowest BCUT2D eigenvalue weighted by Gasteiger charge is -2.40. The van der Waals surface area contributed by atoms with Crippen molar-refractivity contribution in [3.8, 4) is 11.5 Å². The molecule has 2 rings (SSSR count). The van der Waals surface area contributed by atoms with Gasteiger partial charge in [0.1, 0.15) is 49.3 Å². The number of phenolic OH excluding ortho intramolecular Hbond substituents is 2. The molecule has 0 spiro atoms. The molecule has 1 aliphatic rings. The van der Waals surface area contributed by atoms with Crippen molar-refractivity contribution in [1.29, 1.82) is 0 Å². The van der Waals surface area contributed by atoms with E-state index in [4.69, 9.17) is 19.3 Å². The normalized spacial score (nSPS) is 28.4. The molecule has 13 heteroatoms. The Balaban J connectivity index is 1.91. The molecule has 8 unspecified atom stereocenters. The Hall–Kier alpha value is -2.33. The molecule has 1 heterocycles. The van der Waals surface area contributed by atoms with E-state index in [0.29, 0.717) is 5.56 Å². The number of ether oxygens (including phenoxy) is 3. The maximum atomic E-state index is 11.9. The van der Waals surface area contributed by atoms with E-state index in [0.717, 1.165) is 6.08 Å². The van der Waals surface area contributed by atoms with Crippen LogP contribution in [0.5, 0.6) is 11.5 Å². The Morgan fingerprint density at radius 1 is 1.03 bits per heavy atom. The van der Waals surface area contributed by atoms with Crippen LogP contribution in [0, 0.1) is 0 Å². The Morgan fingerprint density at radius 2 is 1.73 bits per heavy atom. The van der Waals surface area contributed by atoms with Crippen LogP contribution in [0.25, 0.3) is 6.08 Å². The molecule has 33 heavy (non-hydrogen) atoms. The van der Waals surface area contributed by atoms with Gasteiger partial charge in [-0.25, -0.2) is 4.79 Å². The summed E-state index contributed by atoms with van der Waals surface area (Å²) in [6, 6.07) is 3.86. The van der Waals surface area contributed by atoms with Gasteiger partial charge >= 0.3 is 5.97 Å². The summed E-state index contributed by atoms with van der Waals surface area (Å²) < 4.78 is 15.3. The van der Waals surface area contributed by atoms with Crippen molar-refractivity contribution in [2.75, 3.05) is 19.8 Å². The predicted octanol–water partition coefficient (Wildman–Crippen LogP) is -3.45. The third-order valence-corrected chi connectivity index (χ3v) is 4.88. The second-order valence-corrected chi connectivity index (χ2v) is 7.37. The van der Waals surface area contributed by atoms with Crippen molar-refractivity contribution in [2.24, 2.45) is 0 Å². The lowest BCUT2D eigenvalue weighted by Crippen LogP contribution is -2.60. The zero-order valence-corrected chi connectivity index (χ0v) is 17.3. The van der Waals surface area contributed by atoms with Gasteiger partial charge in [-0.05, 0) is 23.8 Å². The zero-order chi connectivity index (χ0) is 24.7. The Kier molecular flexibility index (Phi) is 9.97. The molecular formula is C20H28O13. The number of carbonyl (C=O) groups excluding carboxylic acids is 1. The highest BCUT2D eigenvalue weighted by Gasteiger charge is 2.45. The van der Waals surface area contributed by atoms with E-state index < -0.39 is 74.8 Å². The largest absolute Gasteiger partial charge is 0.504 e. The van der Waals surface area contributed by atoms with Crippen LogP contribution in [0.3, 0.4) is 0 Å². The molecule has 0 saturated carbocycles. The minimum atomic E-state index is -1.76. The third-order valence-electron chi connectivity index (χ3n) is 4.88. The molecule has 0 aliphatic carbocycles. The lowest BCUT2D eigenvalue weighted by molar-refractivity contribution is -0.307. The number of hydrogen-bond acceptors (Lipinski definition) is 13. The van der Waals surface area contributed by atoms with Gasteiger partial charge in [-0.3, -0.25) is 0 Å². The Bertz CT molecular complexity index is 800. The number of esters is 1. The van der Waals surface area contributed by atoms with Crippen LogP contribution in [0.2, 0.25) is 0 Å². The predicted molar refractivity (Wildman–Crippen MR) is 108 cm³/mol. The van der Waals surface area contributed by atoms with Crippen LogP contribution in [0.15, 0.2) is 24.3 Å². The van der Waals surface area contributed by atoms with Crippen LogP contribution in [0.1, 0.15) is 5.56 Å². The van der Waals surface area contributed by atoms with Gasteiger partial charge in [-0.1, -0.05) is 6.07 Å². The summed E-state index contributed by atoms with van der Waals surface area (Å²) >= 11 is 0. The molecule has 1 aliphatic heterocycles. The molecule has 9 N–H and O–H groups in total. The molecule has 0 aromatic heterocycles. The fraction of sp³-hybridized carbons (Fsp3) is 0.550. The fourth-order valence-electron chi connectivity index (χ4n) is 2.87. The molecule has 0 bridgehead atoms. The monoisotopic (exact) mass is 476 g/mol. The highest BCUT2D eigenvalue weighted by Crippen LogP contribution is 2.25. The van der Waals surface area contributed by atoms with Gasteiger partial charge in [0.05, 0.1) is 13.2 Å². The van der Waals surface area contributed by atoms with Gasteiger partial charge < -0.3 is 60.2 Å². The van der Waals surface area contributed by atoms with Crippen molar-refractivity contribution in [3.05, 3.63) is 29.8 Å². The summed E-state index contributed by atoms with van der Waals surface area (Å²) in [6.45, 7) is -2.04. The quantitative estimate of drug-likeness (QED) is 0.0910.